The highest BCUT2D eigenvalue weighted by molar-refractivity contribution is 6.31. The van der Waals surface area contributed by atoms with E-state index < -0.39 is 5.82 Å². The lowest BCUT2D eigenvalue weighted by molar-refractivity contribution is 0.207. The van der Waals surface area contributed by atoms with E-state index in [1.165, 1.54) is 12.1 Å². The van der Waals surface area contributed by atoms with Gasteiger partial charge >= 0.3 is 6.03 Å². The Labute approximate surface area is 132 Å². The molecule has 0 spiro atoms. The molecule has 1 fully saturated rings. The van der Waals surface area contributed by atoms with Crippen molar-refractivity contribution in [3.8, 4) is 0 Å². The highest BCUT2D eigenvalue weighted by Crippen LogP contribution is 2.32. The van der Waals surface area contributed by atoms with Gasteiger partial charge in [0, 0.05) is 18.9 Å². The third-order valence-electron chi connectivity index (χ3n) is 3.80. The Hall–Kier alpha value is -2.14. The molecule has 0 aliphatic carbocycles. The number of pyridine rings is 1. The first kappa shape index (κ1) is 14.8. The molecule has 6 heteroatoms. The first-order chi connectivity index (χ1) is 10.7. The minimum Gasteiger partial charge on any atom is -0.317 e. The van der Waals surface area contributed by atoms with E-state index in [1.54, 1.807) is 23.4 Å². The van der Waals surface area contributed by atoms with Crippen LogP contribution in [-0.4, -0.2) is 22.5 Å². The van der Waals surface area contributed by atoms with Gasteiger partial charge in [0.25, 0.3) is 0 Å². The normalized spacial score (nSPS) is 17.5. The molecule has 1 aromatic carbocycles. The monoisotopic (exact) mass is 319 g/mol. The zero-order valence-corrected chi connectivity index (χ0v) is 12.6. The minimum absolute atomic E-state index is 0.00903. The number of carbonyl (C=O) groups is 1. The standard InChI is InChI=1S/C16H15ClFN3O/c17-12-3-1-4-13(15(12)18)20-16(22)21-10-2-5-14(21)11-6-8-19-9-7-11/h1,3-4,6-9,14H,2,5,10H2,(H,20,22). The fourth-order valence-corrected chi connectivity index (χ4v) is 2.90. The molecule has 2 aromatic rings. The van der Waals surface area contributed by atoms with E-state index in [2.05, 4.69) is 10.3 Å². The van der Waals surface area contributed by atoms with Gasteiger partial charge in [-0.2, -0.15) is 0 Å². The number of hydrogen-bond acceptors (Lipinski definition) is 2. The van der Waals surface area contributed by atoms with Crippen LogP contribution < -0.4 is 5.32 Å². The molecular weight excluding hydrogens is 305 g/mol. The van der Waals surface area contributed by atoms with Gasteiger partial charge in [-0.05, 0) is 42.7 Å². The first-order valence-electron chi connectivity index (χ1n) is 7.08. The Balaban J connectivity index is 1.78. The lowest BCUT2D eigenvalue weighted by atomic mass is 10.1. The molecule has 22 heavy (non-hydrogen) atoms. The van der Waals surface area contributed by atoms with Crippen molar-refractivity contribution in [3.05, 3.63) is 59.1 Å². The molecule has 1 saturated heterocycles. The number of nitrogens with zero attached hydrogens (tertiary/aromatic N) is 2. The third kappa shape index (κ3) is 2.90. The van der Waals surface area contributed by atoms with Gasteiger partial charge in [-0.1, -0.05) is 17.7 Å². The maximum atomic E-state index is 13.9. The van der Waals surface area contributed by atoms with Crippen LogP contribution >= 0.6 is 11.6 Å². The molecule has 1 aliphatic rings. The van der Waals surface area contributed by atoms with Crippen LogP contribution in [0.25, 0.3) is 0 Å². The number of anilines is 1. The Kier molecular flexibility index (Phi) is 4.24. The summed E-state index contributed by atoms with van der Waals surface area (Å²) in [6, 6.07) is 8.02. The largest absolute Gasteiger partial charge is 0.322 e. The molecule has 2 amide bonds. The number of nitrogens with one attached hydrogen (secondary N) is 1. The van der Waals surface area contributed by atoms with E-state index in [9.17, 15) is 9.18 Å². The van der Waals surface area contributed by atoms with Crippen LogP contribution in [0.5, 0.6) is 0 Å². The summed E-state index contributed by atoms with van der Waals surface area (Å²) in [6.45, 7) is 0.640. The quantitative estimate of drug-likeness (QED) is 0.899. The summed E-state index contributed by atoms with van der Waals surface area (Å²) >= 11 is 5.73. The number of urea groups is 1. The van der Waals surface area contributed by atoms with Crippen molar-refractivity contribution in [2.45, 2.75) is 18.9 Å². The number of halogens is 2. The SMILES string of the molecule is O=C(Nc1cccc(Cl)c1F)N1CCCC1c1ccncc1. The Bertz CT molecular complexity index is 680. The first-order valence-corrected chi connectivity index (χ1v) is 7.46. The van der Waals surface area contributed by atoms with Crippen LogP contribution in [0.2, 0.25) is 5.02 Å². The molecule has 1 aliphatic heterocycles. The summed E-state index contributed by atoms with van der Waals surface area (Å²) in [4.78, 5) is 18.2. The topological polar surface area (TPSA) is 45.2 Å². The average molecular weight is 320 g/mol. The van der Waals surface area contributed by atoms with Crippen molar-refractivity contribution in [2.75, 3.05) is 11.9 Å². The summed E-state index contributed by atoms with van der Waals surface area (Å²) in [5.74, 6) is -0.614. The van der Waals surface area contributed by atoms with Gasteiger partial charge in [0.05, 0.1) is 16.8 Å². The van der Waals surface area contributed by atoms with Crippen molar-refractivity contribution >= 4 is 23.3 Å². The van der Waals surface area contributed by atoms with Gasteiger partial charge in [0.2, 0.25) is 0 Å². The predicted molar refractivity (Wildman–Crippen MR) is 83.3 cm³/mol. The average Bonchev–Trinajstić information content (AvgIpc) is 3.02. The van der Waals surface area contributed by atoms with Gasteiger partial charge < -0.3 is 10.2 Å². The summed E-state index contributed by atoms with van der Waals surface area (Å²) in [5, 5.41) is 2.60. The number of aromatic nitrogens is 1. The van der Waals surface area contributed by atoms with Gasteiger partial charge in [-0.25, -0.2) is 9.18 Å². The van der Waals surface area contributed by atoms with Gasteiger partial charge in [0.1, 0.15) is 0 Å². The third-order valence-corrected chi connectivity index (χ3v) is 4.09. The second-order valence-electron chi connectivity index (χ2n) is 5.16. The number of likely N-dealkylation sites (tertiary alicyclic amines) is 1. The van der Waals surface area contributed by atoms with Crippen LogP contribution in [0, 0.1) is 5.82 Å². The van der Waals surface area contributed by atoms with Crippen molar-refractivity contribution in [3.63, 3.8) is 0 Å². The molecule has 1 atom stereocenters. The maximum absolute atomic E-state index is 13.9. The van der Waals surface area contributed by atoms with E-state index in [0.29, 0.717) is 6.54 Å². The van der Waals surface area contributed by atoms with E-state index in [4.69, 9.17) is 11.6 Å². The van der Waals surface area contributed by atoms with Crippen LogP contribution in [0.1, 0.15) is 24.4 Å². The van der Waals surface area contributed by atoms with Crippen molar-refractivity contribution in [1.29, 1.82) is 0 Å². The highest BCUT2D eigenvalue weighted by atomic mass is 35.5. The minimum atomic E-state index is -0.614. The Morgan fingerprint density at radius 1 is 1.32 bits per heavy atom. The number of carbonyl (C=O) groups excluding carboxylic acids is 1. The second-order valence-corrected chi connectivity index (χ2v) is 5.57. The molecule has 0 radical (unpaired) electrons. The molecular formula is C16H15ClFN3O. The Morgan fingerprint density at radius 3 is 2.86 bits per heavy atom. The predicted octanol–water partition coefficient (Wildman–Crippen LogP) is 4.24. The lowest BCUT2D eigenvalue weighted by Gasteiger charge is -2.25. The number of benzene rings is 1. The van der Waals surface area contributed by atoms with Gasteiger partial charge in [-0.15, -0.1) is 0 Å². The second kappa shape index (κ2) is 6.32. The molecule has 0 saturated carbocycles. The molecule has 4 nitrogen and oxygen atoms in total. The zero-order valence-electron chi connectivity index (χ0n) is 11.8. The summed E-state index contributed by atoms with van der Waals surface area (Å²) < 4.78 is 13.9. The fraction of sp³-hybridized carbons (Fsp3) is 0.250. The van der Waals surface area contributed by atoms with Crippen LogP contribution in [-0.2, 0) is 0 Å². The molecule has 1 aromatic heterocycles. The summed E-state index contributed by atoms with van der Waals surface area (Å²) in [7, 11) is 0. The number of amides is 2. The molecule has 3 rings (SSSR count). The van der Waals surface area contributed by atoms with Crippen LogP contribution in [0.4, 0.5) is 14.9 Å². The van der Waals surface area contributed by atoms with E-state index in [0.717, 1.165) is 18.4 Å². The molecule has 1 N–H and O–H groups in total. The summed E-state index contributed by atoms with van der Waals surface area (Å²) in [6.07, 6.45) is 5.22. The van der Waals surface area contributed by atoms with E-state index in [1.807, 2.05) is 12.1 Å². The lowest BCUT2D eigenvalue weighted by Crippen LogP contribution is -2.34. The Morgan fingerprint density at radius 2 is 2.09 bits per heavy atom. The number of rotatable bonds is 2. The smallest absolute Gasteiger partial charge is 0.317 e. The van der Waals surface area contributed by atoms with Crippen molar-refractivity contribution < 1.29 is 9.18 Å². The van der Waals surface area contributed by atoms with Crippen LogP contribution in [0.3, 0.4) is 0 Å². The van der Waals surface area contributed by atoms with E-state index >= 15 is 0 Å². The molecule has 114 valence electrons. The maximum Gasteiger partial charge on any atom is 0.322 e. The zero-order chi connectivity index (χ0) is 15.5. The molecule has 1 unspecified atom stereocenters. The molecule has 2 heterocycles. The van der Waals surface area contributed by atoms with Gasteiger partial charge in [0.15, 0.2) is 5.82 Å². The fourth-order valence-electron chi connectivity index (χ4n) is 2.73. The van der Waals surface area contributed by atoms with Crippen molar-refractivity contribution in [2.24, 2.45) is 0 Å². The molecule has 0 bridgehead atoms. The van der Waals surface area contributed by atoms with Crippen LogP contribution in [0.15, 0.2) is 42.7 Å². The van der Waals surface area contributed by atoms with E-state index in [-0.39, 0.29) is 22.8 Å². The highest BCUT2D eigenvalue weighted by Gasteiger charge is 2.30. The van der Waals surface area contributed by atoms with Gasteiger partial charge in [-0.3, -0.25) is 4.98 Å². The van der Waals surface area contributed by atoms with Crippen molar-refractivity contribution in [1.82, 2.24) is 9.88 Å². The summed E-state index contributed by atoms with van der Waals surface area (Å²) in [5.41, 5.74) is 1.13. The number of hydrogen-bond donors (Lipinski definition) is 1.